The molecule has 0 aromatic heterocycles. The Kier molecular flexibility index (Phi) is 6.11. The van der Waals surface area contributed by atoms with Crippen LogP contribution in [0.3, 0.4) is 0 Å². The molecule has 0 atom stereocenters. The Morgan fingerprint density at radius 2 is 2.05 bits per heavy atom. The summed E-state index contributed by atoms with van der Waals surface area (Å²) < 4.78 is 27.8. The van der Waals surface area contributed by atoms with E-state index < -0.39 is 15.0 Å². The lowest BCUT2D eigenvalue weighted by Gasteiger charge is -2.39. The van der Waals surface area contributed by atoms with Gasteiger partial charge in [0.25, 0.3) is 10.2 Å². The number of hydrogen-bond acceptors (Lipinski definition) is 5. The van der Waals surface area contributed by atoms with Gasteiger partial charge in [-0.25, -0.2) is 4.72 Å². The fourth-order valence-electron chi connectivity index (χ4n) is 2.11. The summed E-state index contributed by atoms with van der Waals surface area (Å²) in [7, 11) is -3.44. The largest absolute Gasteiger partial charge is 0.409 e. The molecule has 7 nitrogen and oxygen atoms in total. The summed E-state index contributed by atoms with van der Waals surface area (Å²) in [5.41, 5.74) is 5.74. The molecule has 0 aromatic rings. The van der Waals surface area contributed by atoms with Gasteiger partial charge in [0, 0.05) is 19.6 Å². The van der Waals surface area contributed by atoms with Gasteiger partial charge in [-0.15, -0.1) is 0 Å². The molecule has 118 valence electrons. The van der Waals surface area contributed by atoms with Crippen LogP contribution in [0.15, 0.2) is 5.16 Å². The van der Waals surface area contributed by atoms with Crippen LogP contribution in [-0.4, -0.2) is 54.4 Å². The van der Waals surface area contributed by atoms with E-state index in [4.69, 9.17) is 10.9 Å². The van der Waals surface area contributed by atoms with Crippen LogP contribution in [0, 0.1) is 5.92 Å². The highest BCUT2D eigenvalue weighted by Crippen LogP contribution is 2.35. The van der Waals surface area contributed by atoms with Crippen molar-refractivity contribution in [3.8, 4) is 0 Å². The Morgan fingerprint density at radius 1 is 1.50 bits per heavy atom. The van der Waals surface area contributed by atoms with E-state index >= 15 is 0 Å². The minimum Gasteiger partial charge on any atom is -0.409 e. The smallest absolute Gasteiger partial charge is 0.279 e. The van der Waals surface area contributed by atoms with Gasteiger partial charge < -0.3 is 10.9 Å². The van der Waals surface area contributed by atoms with E-state index in [2.05, 4.69) is 9.88 Å². The molecule has 0 amide bonds. The quantitative estimate of drug-likeness (QED) is 0.284. The molecule has 1 saturated heterocycles. The van der Waals surface area contributed by atoms with Gasteiger partial charge in [0.2, 0.25) is 0 Å². The fourth-order valence-corrected chi connectivity index (χ4v) is 4.34. The molecule has 0 saturated carbocycles. The first kappa shape index (κ1) is 17.5. The Labute approximate surface area is 125 Å². The Hall–Kier alpha value is -0.510. The molecule has 0 bridgehead atoms. The van der Waals surface area contributed by atoms with Crippen LogP contribution in [0.5, 0.6) is 0 Å². The molecule has 0 unspecified atom stereocenters. The average molecular weight is 324 g/mol. The van der Waals surface area contributed by atoms with Crippen molar-refractivity contribution in [1.29, 1.82) is 0 Å². The lowest BCUT2D eigenvalue weighted by Crippen LogP contribution is -2.53. The molecule has 9 heteroatoms. The normalized spacial score (nSPS) is 21.3. The number of oxime groups is 1. The van der Waals surface area contributed by atoms with Crippen molar-refractivity contribution in [3.63, 3.8) is 0 Å². The first-order chi connectivity index (χ1) is 9.27. The Balaban J connectivity index is 2.70. The molecule has 0 aromatic carbocycles. The number of nitrogens with two attached hydrogens (primary N) is 1. The minimum absolute atomic E-state index is 0.164. The maximum absolute atomic E-state index is 12.1. The standard InChI is InChI=1S/C11H24N4O3S2/c1-9(2)8-13-20(17,18)15-6-4-11(19-3,5-7-15)10(12)14-16/h9,13,16H,4-8H2,1-3H3,(H2,12,14). The lowest BCUT2D eigenvalue weighted by atomic mass is 9.96. The van der Waals surface area contributed by atoms with Crippen molar-refractivity contribution in [2.75, 3.05) is 25.9 Å². The third-order valence-electron chi connectivity index (χ3n) is 3.51. The first-order valence-corrected chi connectivity index (χ1v) is 9.22. The van der Waals surface area contributed by atoms with Crippen molar-refractivity contribution in [2.45, 2.75) is 31.4 Å². The van der Waals surface area contributed by atoms with Gasteiger partial charge in [0.1, 0.15) is 0 Å². The van der Waals surface area contributed by atoms with Gasteiger partial charge in [0.15, 0.2) is 5.84 Å². The van der Waals surface area contributed by atoms with Crippen LogP contribution in [0.2, 0.25) is 0 Å². The molecule has 4 N–H and O–H groups in total. The summed E-state index contributed by atoms with van der Waals surface area (Å²) in [5.74, 6) is 0.425. The van der Waals surface area contributed by atoms with Gasteiger partial charge in [-0.05, 0) is 25.0 Å². The number of nitrogens with one attached hydrogen (secondary N) is 1. The van der Waals surface area contributed by atoms with E-state index in [9.17, 15) is 8.42 Å². The number of piperidine rings is 1. The summed E-state index contributed by atoms with van der Waals surface area (Å²) in [5, 5.41) is 12.0. The SMILES string of the molecule is CSC1(C(N)=NO)CCN(S(=O)(=O)NCC(C)C)CC1. The molecule has 0 spiro atoms. The maximum Gasteiger partial charge on any atom is 0.279 e. The van der Waals surface area contributed by atoms with Crippen LogP contribution in [0.25, 0.3) is 0 Å². The minimum atomic E-state index is -3.44. The number of amidine groups is 1. The van der Waals surface area contributed by atoms with Crippen LogP contribution in [-0.2, 0) is 10.2 Å². The molecular weight excluding hydrogens is 300 g/mol. The third kappa shape index (κ3) is 4.00. The van der Waals surface area contributed by atoms with Crippen LogP contribution < -0.4 is 10.5 Å². The van der Waals surface area contributed by atoms with E-state index in [1.54, 1.807) is 0 Å². The second-order valence-corrected chi connectivity index (χ2v) is 8.27. The first-order valence-electron chi connectivity index (χ1n) is 6.55. The third-order valence-corrected chi connectivity index (χ3v) is 6.48. The van der Waals surface area contributed by atoms with Crippen molar-refractivity contribution in [3.05, 3.63) is 0 Å². The zero-order valence-electron chi connectivity index (χ0n) is 12.2. The highest BCUT2D eigenvalue weighted by Gasteiger charge is 2.40. The monoisotopic (exact) mass is 324 g/mol. The predicted molar refractivity (Wildman–Crippen MR) is 82.2 cm³/mol. The highest BCUT2D eigenvalue weighted by atomic mass is 32.2. The number of thioether (sulfide) groups is 1. The molecule has 1 heterocycles. The van der Waals surface area contributed by atoms with Gasteiger partial charge in [0.05, 0.1) is 4.75 Å². The molecule has 20 heavy (non-hydrogen) atoms. The molecule has 1 fully saturated rings. The summed E-state index contributed by atoms with van der Waals surface area (Å²) in [6.45, 7) is 5.06. The van der Waals surface area contributed by atoms with Crippen LogP contribution in [0.4, 0.5) is 0 Å². The van der Waals surface area contributed by atoms with Crippen molar-refractivity contribution < 1.29 is 13.6 Å². The van der Waals surface area contributed by atoms with E-state index in [1.807, 2.05) is 20.1 Å². The molecule has 1 rings (SSSR count). The van der Waals surface area contributed by atoms with Gasteiger partial charge >= 0.3 is 0 Å². The number of rotatable bonds is 6. The molecule has 0 radical (unpaired) electrons. The maximum atomic E-state index is 12.1. The number of hydrogen-bond donors (Lipinski definition) is 3. The zero-order chi connectivity index (χ0) is 15.4. The van der Waals surface area contributed by atoms with Crippen LogP contribution in [0.1, 0.15) is 26.7 Å². The van der Waals surface area contributed by atoms with E-state index in [1.165, 1.54) is 16.1 Å². The number of nitrogens with zero attached hydrogens (tertiary/aromatic N) is 2. The Bertz CT molecular complexity index is 443. The Morgan fingerprint density at radius 3 is 2.45 bits per heavy atom. The topological polar surface area (TPSA) is 108 Å². The second-order valence-electron chi connectivity index (χ2n) is 5.33. The highest BCUT2D eigenvalue weighted by molar-refractivity contribution is 8.00. The van der Waals surface area contributed by atoms with E-state index in [0.717, 1.165) is 0 Å². The van der Waals surface area contributed by atoms with Crippen molar-refractivity contribution >= 4 is 27.8 Å². The van der Waals surface area contributed by atoms with Crippen molar-refractivity contribution in [2.24, 2.45) is 16.8 Å². The summed E-state index contributed by atoms with van der Waals surface area (Å²) in [4.78, 5) is 0. The summed E-state index contributed by atoms with van der Waals surface area (Å²) >= 11 is 1.50. The lowest BCUT2D eigenvalue weighted by molar-refractivity contribution is 0.299. The van der Waals surface area contributed by atoms with Gasteiger partial charge in [-0.1, -0.05) is 19.0 Å². The molecular formula is C11H24N4O3S2. The summed E-state index contributed by atoms with van der Waals surface area (Å²) in [6.07, 6.45) is 2.96. The molecule has 1 aliphatic heterocycles. The van der Waals surface area contributed by atoms with Crippen molar-refractivity contribution in [1.82, 2.24) is 9.03 Å². The predicted octanol–water partition coefficient (Wildman–Crippen LogP) is 0.421. The molecule has 0 aliphatic carbocycles. The van der Waals surface area contributed by atoms with E-state index in [-0.39, 0.29) is 11.8 Å². The van der Waals surface area contributed by atoms with Gasteiger partial charge in [-0.3, -0.25) is 0 Å². The van der Waals surface area contributed by atoms with Crippen LogP contribution >= 0.6 is 11.8 Å². The molecule has 1 aliphatic rings. The zero-order valence-corrected chi connectivity index (χ0v) is 13.8. The average Bonchev–Trinajstić information content (AvgIpc) is 2.44. The van der Waals surface area contributed by atoms with Gasteiger partial charge in [-0.2, -0.15) is 24.5 Å². The summed E-state index contributed by atoms with van der Waals surface area (Å²) in [6, 6.07) is 0. The fraction of sp³-hybridized carbons (Fsp3) is 0.909. The second kappa shape index (κ2) is 6.97. The van der Waals surface area contributed by atoms with E-state index in [0.29, 0.717) is 32.5 Å².